The molecule has 0 atom stereocenters. The lowest BCUT2D eigenvalue weighted by Gasteiger charge is -2.32. The molecule has 0 N–H and O–H groups in total. The Morgan fingerprint density at radius 1 is 0.917 bits per heavy atom. The number of nitrogens with zero attached hydrogens (tertiary/aromatic N) is 3. The van der Waals surface area contributed by atoms with Crippen molar-refractivity contribution in [2.75, 3.05) is 26.7 Å². The normalized spacial score (nSPS) is 14.3. The highest BCUT2D eigenvalue weighted by atomic mass is 35.5. The van der Waals surface area contributed by atoms with Gasteiger partial charge in [0.05, 0.1) is 18.1 Å². The monoisotopic (exact) mass is 545 g/mol. The summed E-state index contributed by atoms with van der Waals surface area (Å²) in [4.78, 5) is 7.65. The van der Waals surface area contributed by atoms with Gasteiger partial charge in [-0.2, -0.15) is 0 Å². The number of ether oxygens (including phenoxy) is 1. The van der Waals surface area contributed by atoms with Gasteiger partial charge < -0.3 is 14.2 Å². The Bertz CT molecular complexity index is 1230. The summed E-state index contributed by atoms with van der Waals surface area (Å²) >= 11 is 6.26. The van der Waals surface area contributed by atoms with Gasteiger partial charge in [-0.1, -0.05) is 48.0 Å². The first-order valence-electron chi connectivity index (χ1n) is 12.2. The number of hydrogen-bond donors (Lipinski definition) is 0. The second kappa shape index (κ2) is 13.3. The van der Waals surface area contributed by atoms with Crippen LogP contribution in [0.5, 0.6) is 5.75 Å². The molecule has 2 heterocycles. The molecule has 0 bridgehead atoms. The maximum Gasteiger partial charge on any atom is 0.118 e. The minimum absolute atomic E-state index is 0. The molecule has 3 aromatic carbocycles. The molecule has 1 aliphatic rings. The van der Waals surface area contributed by atoms with Crippen molar-refractivity contribution in [3.05, 3.63) is 94.8 Å². The van der Waals surface area contributed by atoms with Crippen LogP contribution in [0.4, 0.5) is 0 Å². The Labute approximate surface area is 231 Å². The van der Waals surface area contributed by atoms with Crippen molar-refractivity contribution in [2.24, 2.45) is 5.92 Å². The molecule has 5 rings (SSSR count). The van der Waals surface area contributed by atoms with E-state index in [4.69, 9.17) is 21.3 Å². The van der Waals surface area contributed by atoms with Gasteiger partial charge in [0, 0.05) is 24.5 Å². The van der Waals surface area contributed by atoms with Crippen LogP contribution in [0, 0.1) is 5.92 Å². The Kier molecular flexibility index (Phi) is 10.5. The van der Waals surface area contributed by atoms with Crippen molar-refractivity contribution in [1.82, 2.24) is 14.5 Å². The number of methoxy groups -OCH3 is 1. The Balaban J connectivity index is 0.00000180. The number of fused-ring (bicyclic) bond motifs is 1. The summed E-state index contributed by atoms with van der Waals surface area (Å²) in [5.41, 5.74) is 4.87. The number of halogens is 3. The lowest BCUT2D eigenvalue weighted by molar-refractivity contribution is 0.184. The number of likely N-dealkylation sites (tertiary alicyclic amines) is 1. The zero-order valence-corrected chi connectivity index (χ0v) is 23.0. The van der Waals surface area contributed by atoms with E-state index in [-0.39, 0.29) is 24.8 Å². The van der Waals surface area contributed by atoms with Gasteiger partial charge in [0.1, 0.15) is 11.6 Å². The largest absolute Gasteiger partial charge is 0.497 e. The highest BCUT2D eigenvalue weighted by molar-refractivity contribution is 6.30. The van der Waals surface area contributed by atoms with Crippen molar-refractivity contribution in [3.8, 4) is 5.75 Å². The Morgan fingerprint density at radius 3 is 2.39 bits per heavy atom. The van der Waals surface area contributed by atoms with E-state index in [1.165, 1.54) is 35.3 Å². The van der Waals surface area contributed by atoms with E-state index in [2.05, 4.69) is 70.1 Å². The fourth-order valence-corrected chi connectivity index (χ4v) is 5.24. The number of piperidine rings is 1. The van der Waals surface area contributed by atoms with E-state index in [9.17, 15) is 0 Å². The summed E-state index contributed by atoms with van der Waals surface area (Å²) in [7, 11) is 1.71. The van der Waals surface area contributed by atoms with Crippen LogP contribution in [0.25, 0.3) is 11.0 Å². The Morgan fingerprint density at radius 2 is 1.67 bits per heavy atom. The van der Waals surface area contributed by atoms with Crippen molar-refractivity contribution in [2.45, 2.75) is 32.2 Å². The van der Waals surface area contributed by atoms with Crippen LogP contribution in [-0.4, -0.2) is 41.2 Å². The molecular formula is C29H34Cl3N3O. The summed E-state index contributed by atoms with van der Waals surface area (Å²) in [5, 5.41) is 0.783. The molecule has 0 radical (unpaired) electrons. The predicted molar refractivity (Wildman–Crippen MR) is 154 cm³/mol. The third-order valence-corrected chi connectivity index (χ3v) is 7.25. The third kappa shape index (κ3) is 6.95. The van der Waals surface area contributed by atoms with Crippen LogP contribution in [-0.2, 0) is 19.4 Å². The van der Waals surface area contributed by atoms with Gasteiger partial charge in [-0.15, -0.1) is 24.8 Å². The van der Waals surface area contributed by atoms with E-state index in [1.54, 1.807) is 7.11 Å². The fraction of sp³-hybridized carbons (Fsp3) is 0.345. The maximum absolute atomic E-state index is 6.26. The van der Waals surface area contributed by atoms with Crippen LogP contribution in [0.3, 0.4) is 0 Å². The van der Waals surface area contributed by atoms with Gasteiger partial charge in [-0.25, -0.2) is 4.98 Å². The minimum atomic E-state index is 0. The van der Waals surface area contributed by atoms with Crippen LogP contribution in [0.1, 0.15) is 29.8 Å². The number of hydrogen-bond acceptors (Lipinski definition) is 3. The highest BCUT2D eigenvalue weighted by Gasteiger charge is 2.22. The van der Waals surface area contributed by atoms with E-state index >= 15 is 0 Å². The molecule has 192 valence electrons. The molecule has 4 nitrogen and oxygen atoms in total. The number of aromatic nitrogens is 2. The molecule has 0 saturated carbocycles. The molecule has 7 heteroatoms. The SMILES string of the molecule is COc1ccc(CCN2CCC(Cc3nc4ccccc4n3Cc3cccc(Cl)c3)CC2)cc1.Cl.Cl. The summed E-state index contributed by atoms with van der Waals surface area (Å²) in [6.07, 6.45) is 4.57. The summed E-state index contributed by atoms with van der Waals surface area (Å²) in [6, 6.07) is 25.1. The average molecular weight is 547 g/mol. The molecule has 0 amide bonds. The molecular weight excluding hydrogens is 513 g/mol. The number of para-hydroxylation sites is 2. The van der Waals surface area contributed by atoms with E-state index < -0.39 is 0 Å². The quantitative estimate of drug-likeness (QED) is 0.236. The zero-order chi connectivity index (χ0) is 23.3. The average Bonchev–Trinajstić information content (AvgIpc) is 3.20. The second-order valence-electron chi connectivity index (χ2n) is 9.32. The first-order chi connectivity index (χ1) is 16.7. The third-order valence-electron chi connectivity index (χ3n) is 7.02. The van der Waals surface area contributed by atoms with E-state index in [0.29, 0.717) is 5.92 Å². The van der Waals surface area contributed by atoms with Gasteiger partial charge in [-0.3, -0.25) is 0 Å². The van der Waals surface area contributed by atoms with Gasteiger partial charge in [0.2, 0.25) is 0 Å². The molecule has 0 aliphatic carbocycles. The van der Waals surface area contributed by atoms with Crippen LogP contribution >= 0.6 is 36.4 Å². The smallest absolute Gasteiger partial charge is 0.118 e. The summed E-state index contributed by atoms with van der Waals surface area (Å²) < 4.78 is 7.65. The lowest BCUT2D eigenvalue weighted by atomic mass is 9.93. The number of benzene rings is 3. The number of imidazole rings is 1. The highest BCUT2D eigenvalue weighted by Crippen LogP contribution is 2.26. The van der Waals surface area contributed by atoms with Crippen LogP contribution in [0.15, 0.2) is 72.8 Å². The number of rotatable bonds is 8. The standard InChI is InChI=1S/C29H32ClN3O.2ClH/c1-34-26-11-9-22(10-12-26)13-16-32-17-14-23(15-18-32)20-29-31-27-7-2-3-8-28(27)33(29)21-24-5-4-6-25(30)19-24;;/h2-12,19,23H,13-18,20-21H2,1H3;2*1H. The van der Waals surface area contributed by atoms with Crippen LogP contribution in [0.2, 0.25) is 5.02 Å². The molecule has 4 aromatic rings. The Hall–Kier alpha value is -2.24. The molecule has 1 aromatic heterocycles. The van der Waals surface area contributed by atoms with Gasteiger partial charge in [-0.05, 0) is 85.8 Å². The van der Waals surface area contributed by atoms with Crippen molar-refractivity contribution >= 4 is 47.4 Å². The van der Waals surface area contributed by atoms with Gasteiger partial charge in [0.25, 0.3) is 0 Å². The van der Waals surface area contributed by atoms with Crippen molar-refractivity contribution < 1.29 is 4.74 Å². The first kappa shape index (κ1) is 28.3. The molecule has 36 heavy (non-hydrogen) atoms. The molecule has 0 unspecified atom stereocenters. The van der Waals surface area contributed by atoms with Gasteiger partial charge in [0.15, 0.2) is 0 Å². The lowest BCUT2D eigenvalue weighted by Crippen LogP contribution is -2.36. The topological polar surface area (TPSA) is 30.3 Å². The second-order valence-corrected chi connectivity index (χ2v) is 9.76. The van der Waals surface area contributed by atoms with Crippen LogP contribution < -0.4 is 4.74 Å². The molecule has 1 aliphatic heterocycles. The van der Waals surface area contributed by atoms with E-state index in [1.807, 2.05) is 12.1 Å². The van der Waals surface area contributed by atoms with Gasteiger partial charge >= 0.3 is 0 Å². The minimum Gasteiger partial charge on any atom is -0.497 e. The molecule has 1 fully saturated rings. The maximum atomic E-state index is 6.26. The van der Waals surface area contributed by atoms with Crippen molar-refractivity contribution in [1.29, 1.82) is 0 Å². The first-order valence-corrected chi connectivity index (χ1v) is 12.6. The summed E-state index contributed by atoms with van der Waals surface area (Å²) in [6.45, 7) is 4.24. The summed E-state index contributed by atoms with van der Waals surface area (Å²) in [5.74, 6) is 2.79. The molecule has 0 spiro atoms. The zero-order valence-electron chi connectivity index (χ0n) is 20.6. The fourth-order valence-electron chi connectivity index (χ4n) is 5.03. The van der Waals surface area contributed by atoms with E-state index in [0.717, 1.165) is 55.3 Å². The molecule has 1 saturated heterocycles. The van der Waals surface area contributed by atoms with Crippen molar-refractivity contribution in [3.63, 3.8) is 0 Å². The predicted octanol–water partition coefficient (Wildman–Crippen LogP) is 7.09.